The molecule has 1 fully saturated rings. The Bertz CT molecular complexity index is 680. The van der Waals surface area contributed by atoms with E-state index in [1.165, 1.54) is 9.65 Å². The molecule has 0 saturated heterocycles. The van der Waals surface area contributed by atoms with Crippen molar-refractivity contribution < 1.29 is 14.3 Å². The molecule has 5 nitrogen and oxygen atoms in total. The molecule has 0 atom stereocenters. The molecule has 0 spiro atoms. The van der Waals surface area contributed by atoms with Crippen LogP contribution in [0, 0.1) is 0 Å². The van der Waals surface area contributed by atoms with E-state index in [2.05, 4.69) is 24.0 Å². The molecule has 0 amide bonds. The van der Waals surface area contributed by atoms with E-state index in [1.807, 2.05) is 6.07 Å². The minimum atomic E-state index is -0.302. The Balaban J connectivity index is 1.86. The molecule has 22 heavy (non-hydrogen) atoms. The fourth-order valence-electron chi connectivity index (χ4n) is 2.46. The van der Waals surface area contributed by atoms with Crippen molar-refractivity contribution in [2.24, 2.45) is 0 Å². The minimum Gasteiger partial charge on any atom is -0.472 e. The topological polar surface area (TPSA) is 53.4 Å². The molecule has 116 valence electrons. The van der Waals surface area contributed by atoms with Crippen LogP contribution >= 0.6 is 12.8 Å². The highest BCUT2D eigenvalue weighted by molar-refractivity contribution is 7.78. The number of thiol groups is 1. The third kappa shape index (κ3) is 3.27. The molecular weight excluding hydrogens is 300 g/mol. The Labute approximate surface area is 134 Å². The van der Waals surface area contributed by atoms with Crippen molar-refractivity contribution in [1.82, 2.24) is 9.19 Å². The fraction of sp³-hybridized carbons (Fsp3) is 0.375. The molecule has 1 aromatic heterocycles. The summed E-state index contributed by atoms with van der Waals surface area (Å²) in [7, 11) is 0. The van der Waals surface area contributed by atoms with Crippen LogP contribution in [0.4, 0.5) is 0 Å². The lowest BCUT2D eigenvalue weighted by molar-refractivity contribution is 0.0523. The van der Waals surface area contributed by atoms with E-state index in [9.17, 15) is 4.79 Å². The molecule has 1 heterocycles. The second-order valence-electron chi connectivity index (χ2n) is 5.23. The van der Waals surface area contributed by atoms with Crippen molar-refractivity contribution in [3.8, 4) is 5.88 Å². The number of ether oxygens (including phenoxy) is 2. The van der Waals surface area contributed by atoms with Crippen molar-refractivity contribution in [2.75, 3.05) is 6.61 Å². The molecule has 0 unspecified atom stereocenters. The Morgan fingerprint density at radius 1 is 1.41 bits per heavy atom. The molecule has 1 aromatic carbocycles. The normalized spacial score (nSPS) is 13.9. The van der Waals surface area contributed by atoms with E-state index in [0.29, 0.717) is 30.6 Å². The highest BCUT2D eigenvalue weighted by Gasteiger charge is 2.28. The number of esters is 1. The highest BCUT2D eigenvalue weighted by Crippen LogP contribution is 2.42. The average molecular weight is 318 g/mol. The lowest BCUT2D eigenvalue weighted by Crippen LogP contribution is -2.12. The Morgan fingerprint density at radius 3 is 2.86 bits per heavy atom. The van der Waals surface area contributed by atoms with Crippen molar-refractivity contribution in [3.63, 3.8) is 0 Å². The van der Waals surface area contributed by atoms with Gasteiger partial charge in [0.15, 0.2) is 0 Å². The van der Waals surface area contributed by atoms with E-state index >= 15 is 0 Å². The third-order valence-corrected chi connectivity index (χ3v) is 3.86. The zero-order valence-electron chi connectivity index (χ0n) is 12.4. The SMILES string of the molecule is CCOC(=O)c1cccc(C2CC2)c1COc1ccn(S)n1. The summed E-state index contributed by atoms with van der Waals surface area (Å²) in [5.74, 6) is 0.703. The van der Waals surface area contributed by atoms with E-state index in [-0.39, 0.29) is 5.97 Å². The predicted octanol–water partition coefficient (Wildman–Crippen LogP) is 3.21. The summed E-state index contributed by atoms with van der Waals surface area (Å²) in [6.45, 7) is 2.46. The predicted molar refractivity (Wildman–Crippen MR) is 85.3 cm³/mol. The molecule has 0 N–H and O–H groups in total. The van der Waals surface area contributed by atoms with Gasteiger partial charge in [0.05, 0.1) is 12.2 Å². The van der Waals surface area contributed by atoms with Crippen molar-refractivity contribution in [2.45, 2.75) is 32.3 Å². The standard InChI is InChI=1S/C16H18N2O3S/c1-2-20-16(19)13-5-3-4-12(11-6-7-11)14(13)10-21-15-8-9-18(22)17-15/h3-5,8-9,11,22H,2,6-7,10H2,1H3. The van der Waals surface area contributed by atoms with Gasteiger partial charge in [0.2, 0.25) is 5.88 Å². The van der Waals surface area contributed by atoms with Gasteiger partial charge in [-0.3, -0.25) is 0 Å². The number of benzene rings is 1. The van der Waals surface area contributed by atoms with Crippen LogP contribution in [-0.4, -0.2) is 21.8 Å². The summed E-state index contributed by atoms with van der Waals surface area (Å²) >= 11 is 4.08. The minimum absolute atomic E-state index is 0.297. The summed E-state index contributed by atoms with van der Waals surface area (Å²) in [5.41, 5.74) is 2.66. The largest absolute Gasteiger partial charge is 0.472 e. The lowest BCUT2D eigenvalue weighted by atomic mass is 9.98. The molecule has 1 aliphatic rings. The summed E-state index contributed by atoms with van der Waals surface area (Å²) in [5, 5.41) is 4.07. The van der Waals surface area contributed by atoms with Crippen molar-refractivity contribution in [3.05, 3.63) is 47.2 Å². The molecule has 0 bridgehead atoms. The van der Waals surface area contributed by atoms with Crippen molar-refractivity contribution in [1.29, 1.82) is 0 Å². The van der Waals surface area contributed by atoms with E-state index in [4.69, 9.17) is 9.47 Å². The molecule has 6 heteroatoms. The number of carbonyl (C=O) groups is 1. The Morgan fingerprint density at radius 2 is 2.23 bits per heavy atom. The number of rotatable bonds is 6. The van der Waals surface area contributed by atoms with Gasteiger partial charge >= 0.3 is 5.97 Å². The second-order valence-corrected chi connectivity index (χ2v) is 5.64. The molecule has 1 aliphatic carbocycles. The van der Waals surface area contributed by atoms with Crippen LogP contribution in [0.3, 0.4) is 0 Å². The number of hydrogen-bond donors (Lipinski definition) is 1. The van der Waals surface area contributed by atoms with Gasteiger partial charge in [-0.05, 0) is 50.1 Å². The maximum atomic E-state index is 12.2. The van der Waals surface area contributed by atoms with Gasteiger partial charge in [-0.15, -0.1) is 5.10 Å². The molecule has 2 aromatic rings. The first kappa shape index (κ1) is 15.0. The van der Waals surface area contributed by atoms with Crippen LogP contribution < -0.4 is 4.74 Å². The van der Waals surface area contributed by atoms with E-state index < -0.39 is 0 Å². The maximum absolute atomic E-state index is 12.2. The summed E-state index contributed by atoms with van der Waals surface area (Å²) < 4.78 is 12.2. The first-order valence-electron chi connectivity index (χ1n) is 7.35. The van der Waals surface area contributed by atoms with Crippen LogP contribution in [0.15, 0.2) is 30.5 Å². The average Bonchev–Trinajstić information content (AvgIpc) is 3.27. The first-order chi connectivity index (χ1) is 10.7. The van der Waals surface area contributed by atoms with Gasteiger partial charge in [0.25, 0.3) is 0 Å². The van der Waals surface area contributed by atoms with Gasteiger partial charge in [-0.25, -0.2) is 8.88 Å². The Hall–Kier alpha value is -1.95. The number of aromatic nitrogens is 2. The monoisotopic (exact) mass is 318 g/mol. The maximum Gasteiger partial charge on any atom is 0.338 e. The lowest BCUT2D eigenvalue weighted by Gasteiger charge is -2.14. The van der Waals surface area contributed by atoms with Crippen LogP contribution in [0.25, 0.3) is 0 Å². The van der Waals surface area contributed by atoms with Gasteiger partial charge in [-0.1, -0.05) is 12.1 Å². The summed E-state index contributed by atoms with van der Waals surface area (Å²) in [6.07, 6.45) is 4.01. The van der Waals surface area contributed by atoms with Crippen LogP contribution in [-0.2, 0) is 11.3 Å². The summed E-state index contributed by atoms with van der Waals surface area (Å²) in [6, 6.07) is 7.50. The third-order valence-electron chi connectivity index (χ3n) is 3.64. The zero-order valence-corrected chi connectivity index (χ0v) is 13.3. The fourth-order valence-corrected chi connectivity index (χ4v) is 2.62. The van der Waals surface area contributed by atoms with Crippen LogP contribution in [0.5, 0.6) is 5.88 Å². The second kappa shape index (κ2) is 6.44. The van der Waals surface area contributed by atoms with Gasteiger partial charge in [-0.2, -0.15) is 0 Å². The molecule has 3 rings (SSSR count). The molecular formula is C16H18N2O3S. The van der Waals surface area contributed by atoms with E-state index in [1.54, 1.807) is 25.3 Å². The first-order valence-corrected chi connectivity index (χ1v) is 7.75. The van der Waals surface area contributed by atoms with E-state index in [0.717, 1.165) is 18.4 Å². The van der Waals surface area contributed by atoms with Gasteiger partial charge in [0, 0.05) is 17.8 Å². The summed E-state index contributed by atoms with van der Waals surface area (Å²) in [4.78, 5) is 12.2. The van der Waals surface area contributed by atoms with Crippen LogP contribution in [0.1, 0.15) is 47.2 Å². The molecule has 0 aliphatic heterocycles. The van der Waals surface area contributed by atoms with Gasteiger partial charge < -0.3 is 9.47 Å². The van der Waals surface area contributed by atoms with Crippen molar-refractivity contribution >= 4 is 18.8 Å². The molecule has 0 radical (unpaired) electrons. The quantitative estimate of drug-likeness (QED) is 0.656. The zero-order chi connectivity index (χ0) is 15.5. The smallest absolute Gasteiger partial charge is 0.338 e. The van der Waals surface area contributed by atoms with Crippen LogP contribution in [0.2, 0.25) is 0 Å². The highest BCUT2D eigenvalue weighted by atomic mass is 32.1. The van der Waals surface area contributed by atoms with Gasteiger partial charge in [0.1, 0.15) is 6.61 Å². The number of carbonyl (C=O) groups excluding carboxylic acids is 1. The number of nitrogens with zero attached hydrogens (tertiary/aromatic N) is 2. The Kier molecular flexibility index (Phi) is 4.38. The molecule has 1 saturated carbocycles. The number of hydrogen-bond acceptors (Lipinski definition) is 5.